The van der Waals surface area contributed by atoms with Crippen LogP contribution in [-0.2, 0) is 0 Å². The smallest absolute Gasteiger partial charge is 0.356 e. The van der Waals surface area contributed by atoms with Crippen molar-refractivity contribution in [2.24, 2.45) is 0 Å². The number of halogens is 2. The second kappa shape index (κ2) is 7.04. The minimum absolute atomic E-state index is 0.000782. The van der Waals surface area contributed by atoms with Crippen molar-refractivity contribution in [3.8, 4) is 16.3 Å². The van der Waals surface area contributed by atoms with E-state index in [0.29, 0.717) is 27.0 Å². The summed E-state index contributed by atoms with van der Waals surface area (Å²) in [7, 11) is 0. The Kier molecular flexibility index (Phi) is 4.99. The largest absolute Gasteiger partial charge is 0.476 e. The fraction of sp³-hybridized carbons (Fsp3) is 0.111. The summed E-state index contributed by atoms with van der Waals surface area (Å²) in [5.74, 6) is -1.08. The molecule has 0 aliphatic carbocycles. The Hall–Kier alpha value is -2.08. The molecule has 4 nitrogen and oxygen atoms in total. The molecule has 0 saturated heterocycles. The summed E-state index contributed by atoms with van der Waals surface area (Å²) in [5, 5.41) is 16.7. The molecule has 1 aromatic carbocycles. The van der Waals surface area contributed by atoms with Crippen LogP contribution >= 0.6 is 34.5 Å². The second-order valence-corrected chi connectivity index (χ2v) is 7.10. The van der Waals surface area contributed by atoms with E-state index in [4.69, 9.17) is 23.2 Å². The number of benzene rings is 1. The van der Waals surface area contributed by atoms with Crippen LogP contribution in [0.25, 0.3) is 22.3 Å². The number of carboxylic acids is 1. The van der Waals surface area contributed by atoms with Crippen LogP contribution in [0.3, 0.4) is 0 Å². The molecule has 0 aliphatic heterocycles. The summed E-state index contributed by atoms with van der Waals surface area (Å²) in [6, 6.07) is 7.03. The molecule has 25 heavy (non-hydrogen) atoms. The lowest BCUT2D eigenvalue weighted by atomic mass is 10.1. The zero-order chi connectivity index (χ0) is 18.1. The second-order valence-electron chi connectivity index (χ2n) is 5.34. The molecule has 128 valence electrons. The number of thiophene rings is 1. The molecular weight excluding hydrogens is 379 g/mol. The van der Waals surface area contributed by atoms with E-state index < -0.39 is 5.97 Å². The van der Waals surface area contributed by atoms with Crippen molar-refractivity contribution in [1.82, 2.24) is 9.78 Å². The fourth-order valence-electron chi connectivity index (χ4n) is 2.62. The molecule has 1 N–H and O–H groups in total. The van der Waals surface area contributed by atoms with E-state index in [-0.39, 0.29) is 5.69 Å². The summed E-state index contributed by atoms with van der Waals surface area (Å²) in [6.45, 7) is 3.69. The van der Waals surface area contributed by atoms with Crippen LogP contribution in [0.15, 0.2) is 35.7 Å². The summed E-state index contributed by atoms with van der Waals surface area (Å²) in [6.07, 6.45) is 3.92. The topological polar surface area (TPSA) is 55.1 Å². The van der Waals surface area contributed by atoms with Gasteiger partial charge in [0.05, 0.1) is 21.3 Å². The summed E-state index contributed by atoms with van der Waals surface area (Å²) < 4.78 is 1.58. The molecule has 0 bridgehead atoms. The van der Waals surface area contributed by atoms with E-state index in [1.165, 1.54) is 11.3 Å². The third-order valence-electron chi connectivity index (χ3n) is 3.72. The van der Waals surface area contributed by atoms with Crippen LogP contribution in [0.5, 0.6) is 0 Å². The van der Waals surface area contributed by atoms with Crippen molar-refractivity contribution in [2.75, 3.05) is 0 Å². The van der Waals surface area contributed by atoms with Gasteiger partial charge in [-0.3, -0.25) is 0 Å². The Morgan fingerprint density at radius 1 is 1.32 bits per heavy atom. The van der Waals surface area contributed by atoms with Gasteiger partial charge in [0.25, 0.3) is 0 Å². The minimum Gasteiger partial charge on any atom is -0.476 e. The highest BCUT2D eigenvalue weighted by Gasteiger charge is 2.24. The van der Waals surface area contributed by atoms with Gasteiger partial charge in [0.1, 0.15) is 0 Å². The number of allylic oxidation sites excluding steroid dienone is 1. The molecule has 7 heteroatoms. The van der Waals surface area contributed by atoms with Gasteiger partial charge in [0.2, 0.25) is 0 Å². The number of aromatic carboxylic acids is 1. The van der Waals surface area contributed by atoms with Crippen molar-refractivity contribution < 1.29 is 9.90 Å². The van der Waals surface area contributed by atoms with Gasteiger partial charge in [-0.05, 0) is 49.1 Å². The van der Waals surface area contributed by atoms with Crippen molar-refractivity contribution in [1.29, 1.82) is 0 Å². The molecule has 0 unspecified atom stereocenters. The van der Waals surface area contributed by atoms with Crippen molar-refractivity contribution in [3.05, 3.63) is 62.6 Å². The number of carbonyl (C=O) groups is 1. The van der Waals surface area contributed by atoms with E-state index in [1.807, 2.05) is 30.5 Å². The van der Waals surface area contributed by atoms with Gasteiger partial charge >= 0.3 is 5.97 Å². The Bertz CT molecular complexity index is 989. The van der Waals surface area contributed by atoms with Gasteiger partial charge in [-0.15, -0.1) is 11.3 Å². The van der Waals surface area contributed by atoms with Crippen LogP contribution < -0.4 is 0 Å². The van der Waals surface area contributed by atoms with Crippen LogP contribution in [0.4, 0.5) is 0 Å². The lowest BCUT2D eigenvalue weighted by molar-refractivity contribution is 0.0689. The number of hydrogen-bond acceptors (Lipinski definition) is 3. The SMILES string of the molecule is CC=Cc1ccsc1-c1c(C)c(C(=O)O)nn1-c1ccc(Cl)cc1Cl. The fourth-order valence-corrected chi connectivity index (χ4v) is 4.08. The van der Waals surface area contributed by atoms with Crippen LogP contribution in [0, 0.1) is 6.92 Å². The van der Waals surface area contributed by atoms with E-state index in [0.717, 1.165) is 10.4 Å². The number of carboxylic acid groups (broad SMARTS) is 1. The number of rotatable bonds is 4. The maximum Gasteiger partial charge on any atom is 0.356 e. The van der Waals surface area contributed by atoms with Gasteiger partial charge in [-0.25, -0.2) is 9.48 Å². The van der Waals surface area contributed by atoms with E-state index in [9.17, 15) is 9.90 Å². The molecule has 0 atom stereocenters. The Balaban J connectivity index is 2.33. The first-order valence-corrected chi connectivity index (χ1v) is 9.06. The molecule has 0 radical (unpaired) electrons. The van der Waals surface area contributed by atoms with Crippen LogP contribution in [0.1, 0.15) is 28.5 Å². The lowest BCUT2D eigenvalue weighted by Crippen LogP contribution is -2.03. The third kappa shape index (κ3) is 3.23. The van der Waals surface area contributed by atoms with Gasteiger partial charge in [-0.2, -0.15) is 5.10 Å². The molecule has 2 heterocycles. The first-order valence-electron chi connectivity index (χ1n) is 7.43. The standard InChI is InChI=1S/C18H14Cl2N2O2S/c1-3-4-11-7-8-25-17(11)16-10(2)15(18(23)24)21-22(16)14-6-5-12(19)9-13(14)20/h3-9H,1-2H3,(H,23,24). The molecule has 0 aliphatic rings. The molecular formula is C18H14Cl2N2O2S. The maximum atomic E-state index is 11.6. The number of hydrogen-bond donors (Lipinski definition) is 1. The van der Waals surface area contributed by atoms with Crippen molar-refractivity contribution in [3.63, 3.8) is 0 Å². The number of nitrogens with zero attached hydrogens (tertiary/aromatic N) is 2. The lowest BCUT2D eigenvalue weighted by Gasteiger charge is -2.10. The highest BCUT2D eigenvalue weighted by molar-refractivity contribution is 7.13. The van der Waals surface area contributed by atoms with E-state index in [1.54, 1.807) is 29.8 Å². The van der Waals surface area contributed by atoms with E-state index >= 15 is 0 Å². The third-order valence-corrected chi connectivity index (χ3v) is 5.19. The predicted molar refractivity (Wildman–Crippen MR) is 103 cm³/mol. The highest BCUT2D eigenvalue weighted by atomic mass is 35.5. The zero-order valence-electron chi connectivity index (χ0n) is 13.5. The van der Waals surface area contributed by atoms with Gasteiger partial charge in [0.15, 0.2) is 5.69 Å². The van der Waals surface area contributed by atoms with Gasteiger partial charge in [0, 0.05) is 10.6 Å². The summed E-state index contributed by atoms with van der Waals surface area (Å²) >= 11 is 13.8. The normalized spacial score (nSPS) is 11.4. The predicted octanol–water partition coefficient (Wildman–Crippen LogP) is 5.95. The quantitative estimate of drug-likeness (QED) is 0.596. The summed E-state index contributed by atoms with van der Waals surface area (Å²) in [4.78, 5) is 12.5. The van der Waals surface area contributed by atoms with Crippen molar-refractivity contribution in [2.45, 2.75) is 13.8 Å². The first-order chi connectivity index (χ1) is 11.9. The molecule has 0 fully saturated rings. The molecule has 2 aromatic heterocycles. The molecule has 0 saturated carbocycles. The van der Waals surface area contributed by atoms with Crippen LogP contribution in [-0.4, -0.2) is 20.9 Å². The molecule has 0 amide bonds. The first kappa shape index (κ1) is 17.7. The van der Waals surface area contributed by atoms with Gasteiger partial charge in [-0.1, -0.05) is 35.4 Å². The zero-order valence-corrected chi connectivity index (χ0v) is 15.8. The molecule has 0 spiro atoms. The van der Waals surface area contributed by atoms with Crippen molar-refractivity contribution >= 4 is 46.6 Å². The Morgan fingerprint density at radius 3 is 2.72 bits per heavy atom. The van der Waals surface area contributed by atoms with Crippen LogP contribution in [0.2, 0.25) is 10.0 Å². The summed E-state index contributed by atoms with van der Waals surface area (Å²) in [5.41, 5.74) is 2.88. The molecule has 3 rings (SSSR count). The van der Waals surface area contributed by atoms with Gasteiger partial charge < -0.3 is 5.11 Å². The molecule has 3 aromatic rings. The monoisotopic (exact) mass is 392 g/mol. The maximum absolute atomic E-state index is 11.6. The number of aromatic nitrogens is 2. The average molecular weight is 393 g/mol. The Morgan fingerprint density at radius 2 is 2.08 bits per heavy atom. The minimum atomic E-state index is -1.08. The van der Waals surface area contributed by atoms with E-state index in [2.05, 4.69) is 5.10 Å². The Labute approximate surface area is 158 Å². The average Bonchev–Trinajstić information content (AvgIpc) is 3.12. The highest BCUT2D eigenvalue weighted by Crippen LogP contribution is 2.37.